The first-order valence-corrected chi connectivity index (χ1v) is 10.2. The Hall–Kier alpha value is -2.40. The van der Waals surface area contributed by atoms with Crippen LogP contribution in [0.15, 0.2) is 36.4 Å². The number of fused-ring (bicyclic) bond motifs is 1. The van der Waals surface area contributed by atoms with Crippen molar-refractivity contribution < 1.29 is 19.0 Å². The third kappa shape index (κ3) is 4.96. The monoisotopic (exact) mass is 417 g/mol. The van der Waals surface area contributed by atoms with E-state index in [0.29, 0.717) is 23.6 Å². The van der Waals surface area contributed by atoms with E-state index in [1.165, 1.54) is 0 Å². The highest BCUT2D eigenvalue weighted by molar-refractivity contribution is 6.31. The number of aryl methyl sites for hydroxylation is 1. The van der Waals surface area contributed by atoms with Crippen molar-refractivity contribution in [2.75, 3.05) is 7.11 Å². The number of ether oxygens (including phenoxy) is 3. The number of halogens is 1. The summed E-state index contributed by atoms with van der Waals surface area (Å²) >= 11 is 6.08. The molecule has 156 valence electrons. The Morgan fingerprint density at radius 1 is 1.28 bits per heavy atom. The molecule has 0 fully saturated rings. The summed E-state index contributed by atoms with van der Waals surface area (Å²) in [6.45, 7) is 7.86. The van der Waals surface area contributed by atoms with Crippen molar-refractivity contribution >= 4 is 17.5 Å². The quantitative estimate of drug-likeness (QED) is 0.698. The SMILES string of the molecule is CCC(Oc1ccc(Cl)c(C)c1)C(=O)NC1CC(C)(C)Oc2cc(OC)ccc21. The molecule has 2 aromatic rings. The predicted octanol–water partition coefficient (Wildman–Crippen LogP) is 5.23. The van der Waals surface area contributed by atoms with Gasteiger partial charge >= 0.3 is 0 Å². The Kier molecular flexibility index (Phi) is 6.27. The van der Waals surface area contributed by atoms with Crippen molar-refractivity contribution in [3.8, 4) is 17.2 Å². The first-order chi connectivity index (χ1) is 13.7. The molecule has 1 aliphatic rings. The molecule has 29 heavy (non-hydrogen) atoms. The Morgan fingerprint density at radius 3 is 2.66 bits per heavy atom. The maximum atomic E-state index is 13.0. The number of rotatable bonds is 6. The number of benzene rings is 2. The minimum atomic E-state index is -0.594. The van der Waals surface area contributed by atoms with Crippen molar-refractivity contribution in [1.29, 1.82) is 0 Å². The zero-order chi connectivity index (χ0) is 21.2. The van der Waals surface area contributed by atoms with Gasteiger partial charge in [0.25, 0.3) is 5.91 Å². The van der Waals surface area contributed by atoms with Gasteiger partial charge in [-0.2, -0.15) is 0 Å². The zero-order valence-electron chi connectivity index (χ0n) is 17.5. The van der Waals surface area contributed by atoms with E-state index >= 15 is 0 Å². The first-order valence-electron chi connectivity index (χ1n) is 9.82. The highest BCUT2D eigenvalue weighted by Crippen LogP contribution is 2.41. The van der Waals surface area contributed by atoms with Crippen LogP contribution in [-0.2, 0) is 4.79 Å². The smallest absolute Gasteiger partial charge is 0.261 e. The van der Waals surface area contributed by atoms with Gasteiger partial charge in [-0.1, -0.05) is 18.5 Å². The molecule has 0 saturated heterocycles. The molecule has 1 amide bonds. The summed E-state index contributed by atoms with van der Waals surface area (Å²) in [6, 6.07) is 10.9. The molecule has 2 atom stereocenters. The van der Waals surface area contributed by atoms with Crippen LogP contribution in [0.25, 0.3) is 0 Å². The van der Waals surface area contributed by atoms with Gasteiger partial charge in [0.15, 0.2) is 6.10 Å². The maximum Gasteiger partial charge on any atom is 0.261 e. The lowest BCUT2D eigenvalue weighted by Gasteiger charge is -2.38. The summed E-state index contributed by atoms with van der Waals surface area (Å²) in [6.07, 6.45) is 0.618. The summed E-state index contributed by atoms with van der Waals surface area (Å²) in [4.78, 5) is 13.0. The van der Waals surface area contributed by atoms with E-state index in [2.05, 4.69) is 5.32 Å². The molecular weight excluding hydrogens is 390 g/mol. The van der Waals surface area contributed by atoms with Crippen LogP contribution in [0.5, 0.6) is 17.2 Å². The van der Waals surface area contributed by atoms with Crippen molar-refractivity contribution in [2.24, 2.45) is 0 Å². The van der Waals surface area contributed by atoms with Gasteiger partial charge in [0.1, 0.15) is 22.8 Å². The van der Waals surface area contributed by atoms with Crippen LogP contribution >= 0.6 is 11.6 Å². The van der Waals surface area contributed by atoms with Crippen molar-refractivity contribution in [1.82, 2.24) is 5.32 Å². The molecule has 0 aliphatic carbocycles. The number of carbonyl (C=O) groups is 1. The maximum absolute atomic E-state index is 13.0. The molecule has 6 heteroatoms. The lowest BCUT2D eigenvalue weighted by molar-refractivity contribution is -0.129. The van der Waals surface area contributed by atoms with Crippen LogP contribution in [0.4, 0.5) is 0 Å². The molecule has 0 spiro atoms. The molecule has 0 bridgehead atoms. The average Bonchev–Trinajstić information content (AvgIpc) is 2.67. The van der Waals surface area contributed by atoms with Crippen molar-refractivity contribution in [3.05, 3.63) is 52.5 Å². The summed E-state index contributed by atoms with van der Waals surface area (Å²) in [7, 11) is 1.62. The van der Waals surface area contributed by atoms with Gasteiger partial charge in [-0.05, 0) is 63.1 Å². The van der Waals surface area contributed by atoms with Gasteiger partial charge in [0.05, 0.1) is 13.2 Å². The number of nitrogens with one attached hydrogen (secondary N) is 1. The van der Waals surface area contributed by atoms with E-state index in [0.717, 1.165) is 22.6 Å². The summed E-state index contributed by atoms with van der Waals surface area (Å²) in [5.41, 5.74) is 1.44. The predicted molar refractivity (Wildman–Crippen MR) is 114 cm³/mol. The highest BCUT2D eigenvalue weighted by Gasteiger charge is 2.36. The number of carbonyl (C=O) groups excluding carboxylic acids is 1. The van der Waals surface area contributed by atoms with Crippen LogP contribution in [0.3, 0.4) is 0 Å². The van der Waals surface area contributed by atoms with E-state index in [-0.39, 0.29) is 11.9 Å². The van der Waals surface area contributed by atoms with Crippen LogP contribution in [0.2, 0.25) is 5.02 Å². The average molecular weight is 418 g/mol. The summed E-state index contributed by atoms with van der Waals surface area (Å²) < 4.78 is 17.4. The lowest BCUT2D eigenvalue weighted by Crippen LogP contribution is -2.45. The number of amides is 1. The Labute approximate surface area is 177 Å². The van der Waals surface area contributed by atoms with Gasteiger partial charge < -0.3 is 19.5 Å². The fraction of sp³-hybridized carbons (Fsp3) is 0.435. The Morgan fingerprint density at radius 2 is 2.00 bits per heavy atom. The second-order valence-corrected chi connectivity index (χ2v) is 8.36. The minimum Gasteiger partial charge on any atom is -0.497 e. The van der Waals surface area contributed by atoms with E-state index in [4.69, 9.17) is 25.8 Å². The van der Waals surface area contributed by atoms with Gasteiger partial charge in [0.2, 0.25) is 0 Å². The molecular formula is C23H28ClNO4. The minimum absolute atomic E-state index is 0.149. The normalized spacial score (nSPS) is 18.2. The molecule has 1 N–H and O–H groups in total. The lowest BCUT2D eigenvalue weighted by atomic mass is 9.89. The fourth-order valence-corrected chi connectivity index (χ4v) is 3.65. The topological polar surface area (TPSA) is 56.8 Å². The van der Waals surface area contributed by atoms with Gasteiger partial charge in [-0.25, -0.2) is 0 Å². The van der Waals surface area contributed by atoms with E-state index < -0.39 is 11.7 Å². The third-order valence-corrected chi connectivity index (χ3v) is 5.49. The Balaban J connectivity index is 1.78. The number of hydrogen-bond acceptors (Lipinski definition) is 4. The summed E-state index contributed by atoms with van der Waals surface area (Å²) in [5, 5.41) is 3.83. The molecule has 1 aliphatic heterocycles. The van der Waals surface area contributed by atoms with Gasteiger partial charge in [-0.15, -0.1) is 0 Å². The fourth-order valence-electron chi connectivity index (χ4n) is 3.53. The van der Waals surface area contributed by atoms with E-state index in [1.54, 1.807) is 19.2 Å². The second kappa shape index (κ2) is 8.54. The highest BCUT2D eigenvalue weighted by atomic mass is 35.5. The standard InChI is InChI=1S/C23H28ClNO4/c1-6-20(28-16-8-10-18(24)14(2)11-16)22(26)25-19-13-23(3,4)29-21-12-15(27-5)7-9-17(19)21/h7-12,19-20H,6,13H2,1-5H3,(H,25,26). The number of methoxy groups -OCH3 is 1. The third-order valence-electron chi connectivity index (χ3n) is 5.07. The van der Waals surface area contributed by atoms with Crippen molar-refractivity contribution in [3.63, 3.8) is 0 Å². The van der Waals surface area contributed by atoms with Gasteiger partial charge in [-0.3, -0.25) is 4.79 Å². The summed E-state index contributed by atoms with van der Waals surface area (Å²) in [5.74, 6) is 1.93. The molecule has 2 unspecified atom stereocenters. The second-order valence-electron chi connectivity index (χ2n) is 7.96. The van der Waals surface area contributed by atoms with Gasteiger partial charge in [0, 0.05) is 23.1 Å². The van der Waals surface area contributed by atoms with E-state index in [1.807, 2.05) is 52.0 Å². The molecule has 2 aromatic carbocycles. The largest absolute Gasteiger partial charge is 0.497 e. The molecule has 3 rings (SSSR count). The zero-order valence-corrected chi connectivity index (χ0v) is 18.3. The Bertz CT molecular complexity index is 896. The molecule has 5 nitrogen and oxygen atoms in total. The first kappa shape index (κ1) is 21.3. The van der Waals surface area contributed by atoms with Crippen molar-refractivity contribution in [2.45, 2.75) is 58.3 Å². The van der Waals surface area contributed by atoms with E-state index in [9.17, 15) is 4.79 Å². The number of hydrogen-bond donors (Lipinski definition) is 1. The van der Waals surface area contributed by atoms with Crippen LogP contribution in [0, 0.1) is 6.92 Å². The van der Waals surface area contributed by atoms with Crippen LogP contribution in [-0.4, -0.2) is 24.7 Å². The molecule has 0 aromatic heterocycles. The van der Waals surface area contributed by atoms with Crippen LogP contribution < -0.4 is 19.5 Å². The molecule has 1 heterocycles. The van der Waals surface area contributed by atoms with Crippen LogP contribution in [0.1, 0.15) is 50.8 Å². The molecule has 0 radical (unpaired) electrons. The molecule has 0 saturated carbocycles.